The summed E-state index contributed by atoms with van der Waals surface area (Å²) in [6, 6.07) is 2.02. The Bertz CT molecular complexity index is 364. The van der Waals surface area contributed by atoms with Crippen molar-refractivity contribution in [2.75, 3.05) is 18.0 Å². The highest BCUT2D eigenvalue weighted by Crippen LogP contribution is 2.27. The number of hydrogen-bond acceptors (Lipinski definition) is 3. The van der Waals surface area contributed by atoms with Crippen molar-refractivity contribution >= 4 is 17.4 Å². The van der Waals surface area contributed by atoms with Crippen molar-refractivity contribution in [3.8, 4) is 0 Å². The van der Waals surface area contributed by atoms with Gasteiger partial charge in [0.2, 0.25) is 5.28 Å². The van der Waals surface area contributed by atoms with Crippen molar-refractivity contribution in [3.63, 3.8) is 0 Å². The highest BCUT2D eigenvalue weighted by molar-refractivity contribution is 6.28. The average Bonchev–Trinajstić information content (AvgIpc) is 2.28. The van der Waals surface area contributed by atoms with Crippen molar-refractivity contribution in [1.29, 1.82) is 0 Å². The molecular weight excluding hydrogens is 234 g/mol. The van der Waals surface area contributed by atoms with Gasteiger partial charge < -0.3 is 4.90 Å². The molecular formula is C13H20ClN3. The second-order valence-electron chi connectivity index (χ2n) is 5.21. The third-order valence-corrected chi connectivity index (χ3v) is 3.79. The van der Waals surface area contributed by atoms with E-state index in [2.05, 4.69) is 28.7 Å². The third kappa shape index (κ3) is 3.09. The van der Waals surface area contributed by atoms with E-state index in [-0.39, 0.29) is 0 Å². The SMILES string of the molecule is Cc1cc(N2CCC(C(C)C)CC2)nc(Cl)n1. The Kier molecular flexibility index (Phi) is 3.87. The van der Waals surface area contributed by atoms with Crippen LogP contribution in [0.5, 0.6) is 0 Å². The minimum Gasteiger partial charge on any atom is -0.356 e. The van der Waals surface area contributed by atoms with Gasteiger partial charge in [0.1, 0.15) is 5.82 Å². The lowest BCUT2D eigenvalue weighted by Crippen LogP contribution is -2.35. The normalized spacial score (nSPS) is 17.8. The Hall–Kier alpha value is -0.830. The van der Waals surface area contributed by atoms with Crippen LogP contribution in [0, 0.1) is 18.8 Å². The number of nitrogens with zero attached hydrogens (tertiary/aromatic N) is 3. The maximum Gasteiger partial charge on any atom is 0.224 e. The number of anilines is 1. The first-order valence-electron chi connectivity index (χ1n) is 6.32. The summed E-state index contributed by atoms with van der Waals surface area (Å²) in [5.41, 5.74) is 0.936. The van der Waals surface area contributed by atoms with Crippen molar-refractivity contribution in [1.82, 2.24) is 9.97 Å². The average molecular weight is 254 g/mol. The molecule has 0 atom stereocenters. The minimum atomic E-state index is 0.353. The molecule has 1 aliphatic heterocycles. The Labute approximate surface area is 108 Å². The van der Waals surface area contributed by atoms with Crippen LogP contribution in [-0.2, 0) is 0 Å². The van der Waals surface area contributed by atoms with E-state index in [1.54, 1.807) is 0 Å². The number of aryl methyl sites for hydroxylation is 1. The first-order chi connectivity index (χ1) is 8.06. The van der Waals surface area contributed by atoms with Crippen LogP contribution >= 0.6 is 11.6 Å². The van der Waals surface area contributed by atoms with Crippen LogP contribution in [0.3, 0.4) is 0 Å². The number of aromatic nitrogens is 2. The molecule has 0 aliphatic carbocycles. The van der Waals surface area contributed by atoms with Gasteiger partial charge in [0, 0.05) is 24.8 Å². The molecule has 0 radical (unpaired) electrons. The minimum absolute atomic E-state index is 0.353. The summed E-state index contributed by atoms with van der Waals surface area (Å²) in [7, 11) is 0. The van der Waals surface area contributed by atoms with Gasteiger partial charge in [0.05, 0.1) is 0 Å². The first kappa shape index (κ1) is 12.6. The molecule has 0 N–H and O–H groups in total. The second-order valence-corrected chi connectivity index (χ2v) is 5.54. The molecule has 94 valence electrons. The molecule has 0 aromatic carbocycles. The molecule has 1 aromatic heterocycles. The predicted molar refractivity (Wildman–Crippen MR) is 71.6 cm³/mol. The van der Waals surface area contributed by atoms with E-state index in [0.717, 1.165) is 36.4 Å². The van der Waals surface area contributed by atoms with Gasteiger partial charge in [0.15, 0.2) is 0 Å². The van der Waals surface area contributed by atoms with Crippen molar-refractivity contribution in [2.45, 2.75) is 33.6 Å². The Morgan fingerprint density at radius 3 is 2.47 bits per heavy atom. The fraction of sp³-hybridized carbons (Fsp3) is 0.692. The topological polar surface area (TPSA) is 29.0 Å². The number of halogens is 1. The van der Waals surface area contributed by atoms with Gasteiger partial charge in [-0.2, -0.15) is 0 Å². The fourth-order valence-electron chi connectivity index (χ4n) is 2.47. The fourth-order valence-corrected chi connectivity index (χ4v) is 2.69. The van der Waals surface area contributed by atoms with E-state index >= 15 is 0 Å². The highest BCUT2D eigenvalue weighted by atomic mass is 35.5. The van der Waals surface area contributed by atoms with Gasteiger partial charge in [-0.1, -0.05) is 13.8 Å². The zero-order valence-corrected chi connectivity index (χ0v) is 11.5. The van der Waals surface area contributed by atoms with E-state index in [4.69, 9.17) is 11.6 Å². The van der Waals surface area contributed by atoms with Crippen LogP contribution in [0.1, 0.15) is 32.4 Å². The largest absolute Gasteiger partial charge is 0.356 e. The van der Waals surface area contributed by atoms with E-state index in [9.17, 15) is 0 Å². The maximum absolute atomic E-state index is 5.90. The van der Waals surface area contributed by atoms with Gasteiger partial charge >= 0.3 is 0 Å². The molecule has 2 heterocycles. The van der Waals surface area contributed by atoms with Gasteiger partial charge in [-0.05, 0) is 43.2 Å². The van der Waals surface area contributed by atoms with Crippen molar-refractivity contribution < 1.29 is 0 Å². The van der Waals surface area contributed by atoms with Gasteiger partial charge in [-0.3, -0.25) is 0 Å². The lowest BCUT2D eigenvalue weighted by atomic mass is 9.87. The lowest BCUT2D eigenvalue weighted by Gasteiger charge is -2.34. The van der Waals surface area contributed by atoms with Crippen LogP contribution in [-0.4, -0.2) is 23.1 Å². The van der Waals surface area contributed by atoms with Gasteiger partial charge in [0.25, 0.3) is 0 Å². The smallest absolute Gasteiger partial charge is 0.224 e. The predicted octanol–water partition coefficient (Wildman–Crippen LogP) is 3.31. The summed E-state index contributed by atoms with van der Waals surface area (Å²) in [5.74, 6) is 2.61. The Morgan fingerprint density at radius 1 is 1.29 bits per heavy atom. The van der Waals surface area contributed by atoms with Crippen molar-refractivity contribution in [2.24, 2.45) is 11.8 Å². The van der Waals surface area contributed by atoms with E-state index in [1.807, 2.05) is 13.0 Å². The number of hydrogen-bond donors (Lipinski definition) is 0. The molecule has 1 aromatic rings. The second kappa shape index (κ2) is 5.21. The summed E-state index contributed by atoms with van der Waals surface area (Å²) in [6.45, 7) is 8.74. The molecule has 3 nitrogen and oxygen atoms in total. The summed E-state index contributed by atoms with van der Waals surface area (Å²) in [5, 5.41) is 0.353. The van der Waals surface area contributed by atoms with Gasteiger partial charge in [-0.15, -0.1) is 0 Å². The molecule has 1 fully saturated rings. The molecule has 0 amide bonds. The molecule has 1 saturated heterocycles. The van der Waals surface area contributed by atoms with Crippen molar-refractivity contribution in [3.05, 3.63) is 17.0 Å². The molecule has 1 aliphatic rings. The summed E-state index contributed by atoms with van der Waals surface area (Å²) >= 11 is 5.90. The molecule has 0 unspecified atom stereocenters. The van der Waals surface area contributed by atoms with Crippen LogP contribution in [0.4, 0.5) is 5.82 Å². The molecule has 0 saturated carbocycles. The zero-order valence-electron chi connectivity index (χ0n) is 10.8. The lowest BCUT2D eigenvalue weighted by molar-refractivity contribution is 0.310. The van der Waals surface area contributed by atoms with E-state index in [0.29, 0.717) is 5.28 Å². The van der Waals surface area contributed by atoms with Gasteiger partial charge in [-0.25, -0.2) is 9.97 Å². The highest BCUT2D eigenvalue weighted by Gasteiger charge is 2.22. The van der Waals surface area contributed by atoms with Crippen LogP contribution in [0.2, 0.25) is 5.28 Å². The summed E-state index contributed by atoms with van der Waals surface area (Å²) < 4.78 is 0. The summed E-state index contributed by atoms with van der Waals surface area (Å²) in [6.07, 6.45) is 2.50. The van der Waals surface area contributed by atoms with E-state index < -0.39 is 0 Å². The monoisotopic (exact) mass is 253 g/mol. The number of rotatable bonds is 2. The molecule has 0 spiro atoms. The Balaban J connectivity index is 2.05. The molecule has 4 heteroatoms. The third-order valence-electron chi connectivity index (χ3n) is 3.62. The molecule has 0 bridgehead atoms. The standard InChI is InChI=1S/C13H20ClN3/c1-9(2)11-4-6-17(7-5-11)12-8-10(3)15-13(14)16-12/h8-9,11H,4-7H2,1-3H3. The number of piperidine rings is 1. The summed E-state index contributed by atoms with van der Waals surface area (Å²) in [4.78, 5) is 10.7. The first-order valence-corrected chi connectivity index (χ1v) is 6.70. The molecule has 2 rings (SSSR count). The van der Waals surface area contributed by atoms with Crippen LogP contribution < -0.4 is 4.90 Å². The quantitative estimate of drug-likeness (QED) is 0.758. The van der Waals surface area contributed by atoms with E-state index in [1.165, 1.54) is 12.8 Å². The van der Waals surface area contributed by atoms with Crippen LogP contribution in [0.15, 0.2) is 6.07 Å². The zero-order chi connectivity index (χ0) is 12.4. The van der Waals surface area contributed by atoms with Crippen LogP contribution in [0.25, 0.3) is 0 Å². The Morgan fingerprint density at radius 2 is 1.94 bits per heavy atom. The molecule has 17 heavy (non-hydrogen) atoms. The maximum atomic E-state index is 5.90.